The maximum Gasteiger partial charge on any atom is 0.308 e. The molecule has 0 N–H and O–H groups in total. The first-order valence-corrected chi connectivity index (χ1v) is 3.95. The van der Waals surface area contributed by atoms with Crippen molar-refractivity contribution in [2.45, 2.75) is 6.92 Å². The summed E-state index contributed by atoms with van der Waals surface area (Å²) in [6.45, 7) is 1.28. The zero-order chi connectivity index (χ0) is 9.84. The standard InChI is InChI=1S/C9H7ClO3/c1-6(11)13-9-3-2-8(12)4-7(10)5-9/h2-5H,1H3. The van der Waals surface area contributed by atoms with Crippen LogP contribution >= 0.6 is 11.6 Å². The molecule has 0 aliphatic carbocycles. The highest BCUT2D eigenvalue weighted by molar-refractivity contribution is 6.30. The lowest BCUT2D eigenvalue weighted by Crippen LogP contribution is -2.00. The topological polar surface area (TPSA) is 43.4 Å². The molecular weight excluding hydrogens is 192 g/mol. The minimum absolute atomic E-state index is 0.233. The van der Waals surface area contributed by atoms with Gasteiger partial charge in [-0.3, -0.25) is 9.59 Å². The Morgan fingerprint density at radius 2 is 2.08 bits per heavy atom. The smallest absolute Gasteiger partial charge is 0.308 e. The first-order chi connectivity index (χ1) is 6.08. The Bertz CT molecular complexity index is 387. The Morgan fingerprint density at radius 1 is 1.38 bits per heavy atom. The number of esters is 1. The number of rotatable bonds is 1. The average Bonchev–Trinajstić information content (AvgIpc) is 2.11. The normalized spacial score (nSPS) is 9.38. The maximum atomic E-state index is 10.9. The summed E-state index contributed by atoms with van der Waals surface area (Å²) in [5.74, 6) is -0.186. The van der Waals surface area contributed by atoms with E-state index in [9.17, 15) is 9.59 Å². The lowest BCUT2D eigenvalue weighted by Gasteiger charge is -1.95. The summed E-state index contributed by atoms with van der Waals surface area (Å²) in [5, 5.41) is 0.242. The van der Waals surface area contributed by atoms with E-state index in [0.717, 1.165) is 0 Å². The van der Waals surface area contributed by atoms with Crippen molar-refractivity contribution in [1.82, 2.24) is 0 Å². The molecule has 68 valence electrons. The van der Waals surface area contributed by atoms with Gasteiger partial charge < -0.3 is 4.74 Å². The van der Waals surface area contributed by atoms with Crippen LogP contribution in [0.25, 0.3) is 0 Å². The van der Waals surface area contributed by atoms with Gasteiger partial charge in [0, 0.05) is 18.0 Å². The molecule has 0 radical (unpaired) electrons. The van der Waals surface area contributed by atoms with Gasteiger partial charge in [0.1, 0.15) is 5.75 Å². The van der Waals surface area contributed by atoms with Crippen molar-refractivity contribution < 1.29 is 9.53 Å². The molecule has 0 saturated heterocycles. The quantitative estimate of drug-likeness (QED) is 0.645. The van der Waals surface area contributed by atoms with Crippen LogP contribution in [0.5, 0.6) is 5.75 Å². The molecule has 0 spiro atoms. The molecule has 0 unspecified atom stereocenters. The van der Waals surface area contributed by atoms with Gasteiger partial charge in [0.15, 0.2) is 5.43 Å². The van der Waals surface area contributed by atoms with Gasteiger partial charge in [0.25, 0.3) is 0 Å². The Labute approximate surface area is 79.9 Å². The van der Waals surface area contributed by atoms with E-state index < -0.39 is 5.97 Å². The summed E-state index contributed by atoms with van der Waals surface area (Å²) in [6, 6.07) is 5.33. The summed E-state index contributed by atoms with van der Waals surface area (Å²) >= 11 is 5.63. The van der Waals surface area contributed by atoms with E-state index in [2.05, 4.69) is 0 Å². The van der Waals surface area contributed by atoms with E-state index in [0.29, 0.717) is 0 Å². The van der Waals surface area contributed by atoms with Crippen LogP contribution < -0.4 is 10.2 Å². The van der Waals surface area contributed by atoms with Gasteiger partial charge in [-0.1, -0.05) is 11.6 Å². The fourth-order valence-electron chi connectivity index (χ4n) is 0.803. The van der Waals surface area contributed by atoms with Gasteiger partial charge in [-0.05, 0) is 18.2 Å². The molecule has 0 saturated carbocycles. The monoisotopic (exact) mass is 198 g/mol. The van der Waals surface area contributed by atoms with Gasteiger partial charge in [-0.2, -0.15) is 0 Å². The van der Waals surface area contributed by atoms with Crippen LogP contribution in [-0.2, 0) is 4.79 Å². The Balaban J connectivity index is 3.12. The number of hydrogen-bond acceptors (Lipinski definition) is 3. The van der Waals surface area contributed by atoms with Gasteiger partial charge in [-0.15, -0.1) is 0 Å². The Morgan fingerprint density at radius 3 is 2.69 bits per heavy atom. The average molecular weight is 199 g/mol. The third-order valence-electron chi connectivity index (χ3n) is 1.23. The predicted molar refractivity (Wildman–Crippen MR) is 49.0 cm³/mol. The van der Waals surface area contributed by atoms with Crippen LogP contribution in [-0.4, -0.2) is 5.97 Å². The molecule has 4 heteroatoms. The van der Waals surface area contributed by atoms with Crippen LogP contribution in [0.15, 0.2) is 29.1 Å². The molecular formula is C9H7ClO3. The number of carbonyl (C=O) groups is 1. The molecule has 0 bridgehead atoms. The van der Waals surface area contributed by atoms with Crippen molar-refractivity contribution in [2.24, 2.45) is 0 Å². The van der Waals surface area contributed by atoms with Crippen molar-refractivity contribution in [3.63, 3.8) is 0 Å². The van der Waals surface area contributed by atoms with Crippen molar-refractivity contribution in [1.29, 1.82) is 0 Å². The van der Waals surface area contributed by atoms with E-state index in [1.165, 1.54) is 31.2 Å². The molecule has 1 aromatic rings. The van der Waals surface area contributed by atoms with E-state index >= 15 is 0 Å². The predicted octanol–water partition coefficient (Wildman–Crippen LogP) is 1.63. The van der Waals surface area contributed by atoms with Crippen LogP contribution in [0.1, 0.15) is 6.92 Å². The minimum Gasteiger partial charge on any atom is -0.427 e. The molecule has 1 rings (SSSR count). The van der Waals surface area contributed by atoms with Crippen LogP contribution in [0.4, 0.5) is 0 Å². The fraction of sp³-hybridized carbons (Fsp3) is 0.111. The summed E-state index contributed by atoms with van der Waals surface area (Å²) in [7, 11) is 0. The second kappa shape index (κ2) is 4.05. The van der Waals surface area contributed by atoms with Crippen molar-refractivity contribution in [3.8, 4) is 5.75 Å². The number of hydrogen-bond donors (Lipinski definition) is 0. The number of carbonyl (C=O) groups excluding carboxylic acids is 1. The highest BCUT2D eigenvalue weighted by atomic mass is 35.5. The summed E-state index contributed by atoms with van der Waals surface area (Å²) in [4.78, 5) is 21.5. The molecule has 3 nitrogen and oxygen atoms in total. The fourth-order valence-corrected chi connectivity index (χ4v) is 1.02. The second-order valence-electron chi connectivity index (χ2n) is 2.41. The molecule has 0 aromatic heterocycles. The molecule has 13 heavy (non-hydrogen) atoms. The first kappa shape index (κ1) is 9.74. The molecule has 1 aromatic carbocycles. The largest absolute Gasteiger partial charge is 0.427 e. The Hall–Kier alpha value is -1.35. The van der Waals surface area contributed by atoms with Crippen LogP contribution in [0, 0.1) is 0 Å². The summed E-state index contributed by atoms with van der Waals surface area (Å²) < 4.78 is 4.75. The molecule has 0 aliphatic heterocycles. The van der Waals surface area contributed by atoms with Gasteiger partial charge in [0.2, 0.25) is 0 Å². The van der Waals surface area contributed by atoms with E-state index in [-0.39, 0.29) is 16.2 Å². The van der Waals surface area contributed by atoms with Gasteiger partial charge in [-0.25, -0.2) is 0 Å². The zero-order valence-electron chi connectivity index (χ0n) is 6.91. The van der Waals surface area contributed by atoms with Gasteiger partial charge in [0.05, 0.1) is 0 Å². The third-order valence-corrected chi connectivity index (χ3v) is 1.45. The molecule has 0 atom stereocenters. The third kappa shape index (κ3) is 3.25. The second-order valence-corrected chi connectivity index (χ2v) is 2.84. The SMILES string of the molecule is CC(=O)Oc1ccc(=O)cc(Cl)c1. The summed E-state index contributed by atoms with van der Waals surface area (Å²) in [5.41, 5.74) is -0.233. The molecule has 0 fully saturated rings. The lowest BCUT2D eigenvalue weighted by atomic mass is 10.5. The molecule has 0 amide bonds. The van der Waals surface area contributed by atoms with Gasteiger partial charge >= 0.3 is 5.97 Å². The molecule has 0 aliphatic rings. The van der Waals surface area contributed by atoms with Crippen molar-refractivity contribution in [2.75, 3.05) is 0 Å². The molecule has 0 heterocycles. The van der Waals surface area contributed by atoms with Crippen LogP contribution in [0.3, 0.4) is 0 Å². The highest BCUT2D eigenvalue weighted by Crippen LogP contribution is 2.13. The number of halogens is 1. The van der Waals surface area contributed by atoms with E-state index in [1.54, 1.807) is 0 Å². The maximum absolute atomic E-state index is 10.9. The van der Waals surface area contributed by atoms with Crippen molar-refractivity contribution in [3.05, 3.63) is 39.5 Å². The van der Waals surface area contributed by atoms with E-state index in [4.69, 9.17) is 16.3 Å². The highest BCUT2D eigenvalue weighted by Gasteiger charge is 1.97. The van der Waals surface area contributed by atoms with Crippen molar-refractivity contribution >= 4 is 17.6 Å². The zero-order valence-corrected chi connectivity index (χ0v) is 7.67. The summed E-state index contributed by atoms with van der Waals surface area (Å²) in [6.07, 6.45) is 0. The number of ether oxygens (including phenoxy) is 1. The Kier molecular flexibility index (Phi) is 3.03. The lowest BCUT2D eigenvalue weighted by molar-refractivity contribution is -0.131. The van der Waals surface area contributed by atoms with Crippen LogP contribution in [0.2, 0.25) is 5.02 Å². The first-order valence-electron chi connectivity index (χ1n) is 3.57. The van der Waals surface area contributed by atoms with E-state index in [1.807, 2.05) is 0 Å². The minimum atomic E-state index is -0.449.